The number of nitrogens with zero attached hydrogens (tertiary/aromatic N) is 1. The molecule has 0 spiro atoms. The highest BCUT2D eigenvalue weighted by molar-refractivity contribution is 9.10. The molecule has 2 aromatic rings. The van der Waals surface area contributed by atoms with Gasteiger partial charge in [0.15, 0.2) is 0 Å². The molecule has 0 saturated heterocycles. The van der Waals surface area contributed by atoms with Crippen LogP contribution in [0.2, 0.25) is 0 Å². The van der Waals surface area contributed by atoms with E-state index >= 15 is 0 Å². The summed E-state index contributed by atoms with van der Waals surface area (Å²) in [5.41, 5.74) is 3.47. The molecule has 104 valence electrons. The number of methoxy groups -OCH3 is 1. The van der Waals surface area contributed by atoms with Crippen LogP contribution < -0.4 is 21.3 Å². The molecule has 2 rings (SSSR count). The molecule has 0 aliphatic carbocycles. The van der Waals surface area contributed by atoms with E-state index < -0.39 is 0 Å². The summed E-state index contributed by atoms with van der Waals surface area (Å²) in [4.78, 5) is 16.1. The molecule has 0 radical (unpaired) electrons. The summed E-state index contributed by atoms with van der Waals surface area (Å²) in [6.45, 7) is 0. The first kappa shape index (κ1) is 14.3. The number of anilines is 2. The van der Waals surface area contributed by atoms with Gasteiger partial charge in [0.2, 0.25) is 0 Å². The van der Waals surface area contributed by atoms with Crippen molar-refractivity contribution in [2.45, 2.75) is 0 Å². The number of carbonyl (C=O) groups excluding carboxylic acids is 1. The SMILES string of the molecule is COc1cc(Br)cc(NC(=O)c2ccnc(NN)c2)c1. The lowest BCUT2D eigenvalue weighted by atomic mass is 10.2. The van der Waals surface area contributed by atoms with E-state index in [1.807, 2.05) is 0 Å². The number of benzene rings is 1. The van der Waals surface area contributed by atoms with Crippen LogP contribution in [0.25, 0.3) is 0 Å². The van der Waals surface area contributed by atoms with E-state index in [2.05, 4.69) is 31.7 Å². The van der Waals surface area contributed by atoms with Crippen LogP contribution in [0.1, 0.15) is 10.4 Å². The van der Waals surface area contributed by atoms with Gasteiger partial charge in [-0.3, -0.25) is 4.79 Å². The predicted octanol–water partition coefficient (Wildman–Crippen LogP) is 2.39. The number of nitrogens with one attached hydrogen (secondary N) is 2. The van der Waals surface area contributed by atoms with Crippen LogP contribution in [-0.2, 0) is 0 Å². The number of pyridine rings is 1. The molecule has 0 atom stereocenters. The first-order valence-corrected chi connectivity index (χ1v) is 6.50. The number of hydrogen-bond donors (Lipinski definition) is 3. The third-order valence-corrected chi connectivity index (χ3v) is 2.99. The number of ether oxygens (including phenoxy) is 1. The van der Waals surface area contributed by atoms with Crippen molar-refractivity contribution >= 4 is 33.3 Å². The molecule has 1 heterocycles. The Hall–Kier alpha value is -2.12. The van der Waals surface area contributed by atoms with Gasteiger partial charge in [0.1, 0.15) is 11.6 Å². The topological polar surface area (TPSA) is 89.3 Å². The lowest BCUT2D eigenvalue weighted by Gasteiger charge is -2.09. The van der Waals surface area contributed by atoms with Crippen molar-refractivity contribution in [1.82, 2.24) is 4.98 Å². The number of halogens is 1. The predicted molar refractivity (Wildman–Crippen MR) is 80.7 cm³/mol. The molecule has 0 unspecified atom stereocenters. The van der Waals surface area contributed by atoms with E-state index in [1.54, 1.807) is 37.4 Å². The number of aromatic nitrogens is 1. The Kier molecular flexibility index (Phi) is 4.54. The zero-order valence-corrected chi connectivity index (χ0v) is 12.3. The Bertz CT molecular complexity index is 634. The van der Waals surface area contributed by atoms with Crippen LogP contribution in [0.4, 0.5) is 11.5 Å². The van der Waals surface area contributed by atoms with Gasteiger partial charge in [0.25, 0.3) is 5.91 Å². The fourth-order valence-electron chi connectivity index (χ4n) is 1.61. The number of hydrogen-bond acceptors (Lipinski definition) is 5. The Morgan fingerprint density at radius 1 is 1.35 bits per heavy atom. The molecule has 0 aliphatic heterocycles. The summed E-state index contributed by atoms with van der Waals surface area (Å²) < 4.78 is 5.95. The zero-order valence-electron chi connectivity index (χ0n) is 10.7. The highest BCUT2D eigenvalue weighted by Gasteiger charge is 2.08. The smallest absolute Gasteiger partial charge is 0.255 e. The number of hydrazine groups is 1. The second-order valence-corrected chi connectivity index (χ2v) is 4.82. The normalized spacial score (nSPS) is 9.95. The van der Waals surface area contributed by atoms with Crippen LogP contribution in [0.3, 0.4) is 0 Å². The van der Waals surface area contributed by atoms with Gasteiger partial charge in [-0.25, -0.2) is 10.8 Å². The molecule has 6 nitrogen and oxygen atoms in total. The molecule has 1 amide bonds. The highest BCUT2D eigenvalue weighted by atomic mass is 79.9. The van der Waals surface area contributed by atoms with Crippen molar-refractivity contribution in [3.8, 4) is 5.75 Å². The quantitative estimate of drug-likeness (QED) is 0.589. The van der Waals surface area contributed by atoms with Gasteiger partial charge in [-0.2, -0.15) is 0 Å². The van der Waals surface area contributed by atoms with Crippen LogP contribution in [0.15, 0.2) is 41.0 Å². The molecule has 1 aromatic heterocycles. The second-order valence-electron chi connectivity index (χ2n) is 3.91. The summed E-state index contributed by atoms with van der Waals surface area (Å²) in [6.07, 6.45) is 1.51. The molecule has 0 aliphatic rings. The lowest BCUT2D eigenvalue weighted by Crippen LogP contribution is -2.14. The van der Waals surface area contributed by atoms with Gasteiger partial charge in [0.05, 0.1) is 7.11 Å². The molecular formula is C13H13BrN4O2. The van der Waals surface area contributed by atoms with Crippen molar-refractivity contribution < 1.29 is 9.53 Å². The van der Waals surface area contributed by atoms with Crippen molar-refractivity contribution in [1.29, 1.82) is 0 Å². The maximum Gasteiger partial charge on any atom is 0.255 e. The molecule has 20 heavy (non-hydrogen) atoms. The average molecular weight is 337 g/mol. The standard InChI is InChI=1S/C13H13BrN4O2/c1-20-11-6-9(14)5-10(7-11)17-13(19)8-2-3-16-12(4-8)18-15/h2-7H,15H2,1H3,(H,16,18)(H,17,19). The summed E-state index contributed by atoms with van der Waals surface area (Å²) in [5, 5.41) is 2.78. The van der Waals surface area contributed by atoms with Gasteiger partial charge in [-0.1, -0.05) is 15.9 Å². The number of amides is 1. The number of nitrogen functional groups attached to an aromatic ring is 1. The summed E-state index contributed by atoms with van der Waals surface area (Å²) in [7, 11) is 1.56. The maximum absolute atomic E-state index is 12.1. The van der Waals surface area contributed by atoms with E-state index in [1.165, 1.54) is 6.20 Å². The summed E-state index contributed by atoms with van der Waals surface area (Å²) >= 11 is 3.35. The van der Waals surface area contributed by atoms with Gasteiger partial charge >= 0.3 is 0 Å². The van der Waals surface area contributed by atoms with Gasteiger partial charge in [-0.15, -0.1) is 0 Å². The van der Waals surface area contributed by atoms with E-state index in [0.29, 0.717) is 22.8 Å². The van der Waals surface area contributed by atoms with E-state index in [4.69, 9.17) is 10.6 Å². The lowest BCUT2D eigenvalue weighted by molar-refractivity contribution is 0.102. The Labute approximate surface area is 124 Å². The minimum atomic E-state index is -0.260. The van der Waals surface area contributed by atoms with Gasteiger partial charge < -0.3 is 15.5 Å². The minimum Gasteiger partial charge on any atom is -0.497 e. The van der Waals surface area contributed by atoms with Crippen molar-refractivity contribution in [2.24, 2.45) is 5.84 Å². The molecule has 4 N–H and O–H groups in total. The Morgan fingerprint density at radius 3 is 2.85 bits per heavy atom. The van der Waals surface area contributed by atoms with Crippen LogP contribution in [0, 0.1) is 0 Å². The summed E-state index contributed by atoms with van der Waals surface area (Å²) in [5.74, 6) is 6.07. The number of rotatable bonds is 4. The van der Waals surface area contributed by atoms with E-state index in [9.17, 15) is 4.79 Å². The van der Waals surface area contributed by atoms with Crippen molar-refractivity contribution in [2.75, 3.05) is 17.9 Å². The van der Waals surface area contributed by atoms with E-state index in [0.717, 1.165) is 4.47 Å². The fraction of sp³-hybridized carbons (Fsp3) is 0.0769. The molecule has 0 saturated carbocycles. The third-order valence-electron chi connectivity index (χ3n) is 2.53. The van der Waals surface area contributed by atoms with Crippen molar-refractivity contribution in [3.63, 3.8) is 0 Å². The second kappa shape index (κ2) is 6.36. The zero-order chi connectivity index (χ0) is 14.5. The van der Waals surface area contributed by atoms with Crippen LogP contribution >= 0.6 is 15.9 Å². The van der Waals surface area contributed by atoms with Gasteiger partial charge in [0, 0.05) is 28.0 Å². The first-order valence-electron chi connectivity index (χ1n) is 5.71. The van der Waals surface area contributed by atoms with E-state index in [-0.39, 0.29) is 5.91 Å². The summed E-state index contributed by atoms with van der Waals surface area (Å²) in [6, 6.07) is 8.48. The molecule has 7 heteroatoms. The van der Waals surface area contributed by atoms with Crippen LogP contribution in [0.5, 0.6) is 5.75 Å². The average Bonchev–Trinajstić information content (AvgIpc) is 2.46. The Balaban J connectivity index is 2.20. The monoisotopic (exact) mass is 336 g/mol. The highest BCUT2D eigenvalue weighted by Crippen LogP contribution is 2.24. The fourth-order valence-corrected chi connectivity index (χ4v) is 2.08. The molecule has 0 bridgehead atoms. The number of carbonyl (C=O) groups is 1. The third kappa shape index (κ3) is 3.46. The molecule has 1 aromatic carbocycles. The van der Waals surface area contributed by atoms with Crippen LogP contribution in [-0.4, -0.2) is 18.0 Å². The largest absolute Gasteiger partial charge is 0.497 e. The first-order chi connectivity index (χ1) is 9.62. The van der Waals surface area contributed by atoms with Crippen molar-refractivity contribution in [3.05, 3.63) is 46.6 Å². The minimum absolute atomic E-state index is 0.260. The molecule has 0 fully saturated rings. The maximum atomic E-state index is 12.1. The van der Waals surface area contributed by atoms with Gasteiger partial charge in [-0.05, 0) is 24.3 Å². The number of nitrogens with two attached hydrogens (primary N) is 1. The molecular weight excluding hydrogens is 324 g/mol. The Morgan fingerprint density at radius 2 is 2.15 bits per heavy atom.